The van der Waals surface area contributed by atoms with Crippen LogP contribution >= 0.6 is 0 Å². The van der Waals surface area contributed by atoms with Crippen LogP contribution in [0.3, 0.4) is 0 Å². The lowest BCUT2D eigenvalue weighted by molar-refractivity contribution is 0.315. The Balaban J connectivity index is 2.11. The summed E-state index contributed by atoms with van der Waals surface area (Å²) < 4.78 is 0. The number of hydrogen-bond donors (Lipinski definition) is 2. The second kappa shape index (κ2) is 7.17. The van der Waals surface area contributed by atoms with Gasteiger partial charge >= 0.3 is 0 Å². The molecule has 110 valence electrons. The van der Waals surface area contributed by atoms with Crippen molar-refractivity contribution in [2.45, 2.75) is 45.1 Å². The molecule has 2 unspecified atom stereocenters. The van der Waals surface area contributed by atoms with Crippen molar-refractivity contribution in [3.63, 3.8) is 0 Å². The van der Waals surface area contributed by atoms with Crippen LogP contribution in [0.1, 0.15) is 39.0 Å². The van der Waals surface area contributed by atoms with E-state index in [0.717, 1.165) is 12.5 Å². The van der Waals surface area contributed by atoms with Crippen LogP contribution in [0.2, 0.25) is 0 Å². The normalized spacial score (nSPS) is 23.6. The second-order valence-electron chi connectivity index (χ2n) is 5.80. The first-order valence-corrected chi connectivity index (χ1v) is 7.48. The third-order valence-electron chi connectivity index (χ3n) is 4.17. The molecular weight excluding hydrogens is 250 g/mol. The highest BCUT2D eigenvalue weighted by Gasteiger charge is 2.24. The van der Waals surface area contributed by atoms with Gasteiger partial charge in [-0.1, -0.05) is 43.1 Å². The van der Waals surface area contributed by atoms with Gasteiger partial charge in [0, 0.05) is 24.7 Å². The lowest BCUT2D eigenvalue weighted by Gasteiger charge is -2.38. The molecule has 0 radical (unpaired) electrons. The number of oxime groups is 1. The lowest BCUT2D eigenvalue weighted by Crippen LogP contribution is -2.40. The molecule has 0 saturated heterocycles. The Morgan fingerprint density at radius 2 is 2.10 bits per heavy atom. The number of para-hydroxylation sites is 1. The van der Waals surface area contributed by atoms with Crippen molar-refractivity contribution >= 4 is 11.5 Å². The molecule has 2 rings (SSSR count). The van der Waals surface area contributed by atoms with Crippen molar-refractivity contribution < 1.29 is 5.21 Å². The molecule has 0 bridgehead atoms. The average molecular weight is 275 g/mol. The Kier molecular flexibility index (Phi) is 5.27. The zero-order valence-corrected chi connectivity index (χ0v) is 12.2. The van der Waals surface area contributed by atoms with E-state index in [1.165, 1.54) is 31.4 Å². The van der Waals surface area contributed by atoms with Gasteiger partial charge in [0.25, 0.3) is 0 Å². The zero-order chi connectivity index (χ0) is 14.4. The van der Waals surface area contributed by atoms with Gasteiger partial charge in [0.2, 0.25) is 0 Å². The summed E-state index contributed by atoms with van der Waals surface area (Å²) >= 11 is 0. The van der Waals surface area contributed by atoms with Crippen LogP contribution in [0.25, 0.3) is 0 Å². The first-order valence-electron chi connectivity index (χ1n) is 7.48. The molecular formula is C16H25N3O. The Hall–Kier alpha value is -1.71. The van der Waals surface area contributed by atoms with Gasteiger partial charge in [-0.2, -0.15) is 0 Å². The van der Waals surface area contributed by atoms with Crippen LogP contribution in [-0.4, -0.2) is 23.6 Å². The average Bonchev–Trinajstić information content (AvgIpc) is 2.48. The van der Waals surface area contributed by atoms with Gasteiger partial charge in [-0.3, -0.25) is 0 Å². The molecule has 4 heteroatoms. The molecule has 0 spiro atoms. The van der Waals surface area contributed by atoms with E-state index in [4.69, 9.17) is 10.9 Å². The van der Waals surface area contributed by atoms with Gasteiger partial charge < -0.3 is 15.8 Å². The molecule has 0 heterocycles. The van der Waals surface area contributed by atoms with E-state index >= 15 is 0 Å². The Morgan fingerprint density at radius 1 is 1.35 bits per heavy atom. The predicted molar refractivity (Wildman–Crippen MR) is 83.2 cm³/mol. The van der Waals surface area contributed by atoms with Crippen molar-refractivity contribution in [1.29, 1.82) is 0 Å². The van der Waals surface area contributed by atoms with E-state index in [1.807, 2.05) is 6.07 Å². The van der Waals surface area contributed by atoms with Crippen LogP contribution in [0.15, 0.2) is 35.5 Å². The minimum absolute atomic E-state index is 0.301. The summed E-state index contributed by atoms with van der Waals surface area (Å²) in [6, 6.07) is 11.0. The molecule has 1 aromatic rings. The van der Waals surface area contributed by atoms with Crippen LogP contribution < -0.4 is 10.6 Å². The molecule has 0 aromatic heterocycles. The van der Waals surface area contributed by atoms with E-state index in [1.54, 1.807) is 0 Å². The summed E-state index contributed by atoms with van der Waals surface area (Å²) in [6.07, 6.45) is 5.68. The molecule has 1 saturated carbocycles. The van der Waals surface area contributed by atoms with Crippen molar-refractivity contribution in [1.82, 2.24) is 0 Å². The summed E-state index contributed by atoms with van der Waals surface area (Å²) in [6.45, 7) is 3.14. The van der Waals surface area contributed by atoms with Gasteiger partial charge in [0.15, 0.2) is 0 Å². The quantitative estimate of drug-likeness (QED) is 0.375. The van der Waals surface area contributed by atoms with E-state index in [2.05, 4.69) is 41.2 Å². The minimum atomic E-state index is 0.301. The highest BCUT2D eigenvalue weighted by Crippen LogP contribution is 2.30. The molecule has 3 N–H and O–H groups in total. The highest BCUT2D eigenvalue weighted by atomic mass is 16.4. The monoisotopic (exact) mass is 275 g/mol. The van der Waals surface area contributed by atoms with Gasteiger partial charge in [-0.05, 0) is 30.9 Å². The fraction of sp³-hybridized carbons (Fsp3) is 0.562. The number of nitrogens with zero attached hydrogens (tertiary/aromatic N) is 2. The number of hydrogen-bond acceptors (Lipinski definition) is 3. The third kappa shape index (κ3) is 3.89. The number of benzene rings is 1. The Bertz CT molecular complexity index is 433. The minimum Gasteiger partial charge on any atom is -0.409 e. The molecule has 4 nitrogen and oxygen atoms in total. The maximum Gasteiger partial charge on any atom is 0.140 e. The van der Waals surface area contributed by atoms with E-state index in [-0.39, 0.29) is 0 Å². The van der Waals surface area contributed by atoms with E-state index < -0.39 is 0 Å². The van der Waals surface area contributed by atoms with Crippen LogP contribution in [0.4, 0.5) is 5.69 Å². The Labute approximate surface area is 121 Å². The van der Waals surface area contributed by atoms with Gasteiger partial charge in [-0.15, -0.1) is 0 Å². The van der Waals surface area contributed by atoms with Crippen molar-refractivity contribution in [2.75, 3.05) is 11.4 Å². The van der Waals surface area contributed by atoms with Crippen LogP contribution in [0, 0.1) is 5.92 Å². The third-order valence-corrected chi connectivity index (χ3v) is 4.17. The van der Waals surface area contributed by atoms with Crippen molar-refractivity contribution in [3.8, 4) is 0 Å². The maximum absolute atomic E-state index is 8.72. The molecule has 1 aliphatic carbocycles. The van der Waals surface area contributed by atoms with Gasteiger partial charge in [0.05, 0.1) is 0 Å². The molecule has 2 atom stereocenters. The number of rotatable bonds is 5. The molecule has 20 heavy (non-hydrogen) atoms. The summed E-state index contributed by atoms with van der Waals surface area (Å²) in [5.74, 6) is 1.08. The number of amidine groups is 1. The van der Waals surface area contributed by atoms with Gasteiger partial charge in [0.1, 0.15) is 5.84 Å². The van der Waals surface area contributed by atoms with E-state index in [0.29, 0.717) is 18.3 Å². The molecule has 0 aliphatic heterocycles. The first-order chi connectivity index (χ1) is 9.70. The largest absolute Gasteiger partial charge is 0.409 e. The smallest absolute Gasteiger partial charge is 0.140 e. The van der Waals surface area contributed by atoms with Crippen molar-refractivity contribution in [3.05, 3.63) is 30.3 Å². The number of nitrogens with two attached hydrogens (primary N) is 1. The molecule has 1 aromatic carbocycles. The SMILES string of the molecule is CC1CCCC(N(CCC(N)=NO)c2ccccc2)C1. The molecule has 0 amide bonds. The Morgan fingerprint density at radius 3 is 2.75 bits per heavy atom. The topological polar surface area (TPSA) is 61.8 Å². The second-order valence-corrected chi connectivity index (χ2v) is 5.80. The molecule has 1 fully saturated rings. The summed E-state index contributed by atoms with van der Waals surface area (Å²) in [5.41, 5.74) is 6.86. The predicted octanol–water partition coefficient (Wildman–Crippen LogP) is 3.21. The number of anilines is 1. The standard InChI is InChI=1S/C16H25N3O/c1-13-6-5-9-15(12-13)19(11-10-16(17)18-20)14-7-3-2-4-8-14/h2-4,7-8,13,15,20H,5-6,9-12H2,1H3,(H2,17,18). The molecule has 1 aliphatic rings. The van der Waals surface area contributed by atoms with E-state index in [9.17, 15) is 0 Å². The summed E-state index contributed by atoms with van der Waals surface area (Å²) in [4.78, 5) is 2.42. The fourth-order valence-corrected chi connectivity index (χ4v) is 3.11. The zero-order valence-electron chi connectivity index (χ0n) is 12.2. The lowest BCUT2D eigenvalue weighted by atomic mass is 9.86. The summed E-state index contributed by atoms with van der Waals surface area (Å²) in [7, 11) is 0. The maximum atomic E-state index is 8.72. The van der Waals surface area contributed by atoms with Gasteiger partial charge in [-0.25, -0.2) is 0 Å². The van der Waals surface area contributed by atoms with Crippen LogP contribution in [0.5, 0.6) is 0 Å². The first kappa shape index (κ1) is 14.7. The van der Waals surface area contributed by atoms with Crippen molar-refractivity contribution in [2.24, 2.45) is 16.8 Å². The van der Waals surface area contributed by atoms with Crippen LogP contribution in [-0.2, 0) is 0 Å². The summed E-state index contributed by atoms with van der Waals surface area (Å²) in [5, 5.41) is 11.8. The highest BCUT2D eigenvalue weighted by molar-refractivity contribution is 5.80. The fourth-order valence-electron chi connectivity index (χ4n) is 3.11.